The Balaban J connectivity index is 1.55. The van der Waals surface area contributed by atoms with Crippen LogP contribution in [0.25, 0.3) is 22.6 Å². The Morgan fingerprint density at radius 1 is 1.15 bits per heavy atom. The lowest BCUT2D eigenvalue weighted by Crippen LogP contribution is -2.12. The molecule has 8 nitrogen and oxygen atoms in total. The molecule has 9 heteroatoms. The average molecular weight is 367 g/mol. The fraction of sp³-hybridized carbons (Fsp3) is 0. The maximum absolute atomic E-state index is 12.3. The number of fused-ring (bicyclic) bond motifs is 1. The van der Waals surface area contributed by atoms with Crippen molar-refractivity contribution in [3.8, 4) is 11.5 Å². The molecule has 0 aliphatic heterocycles. The van der Waals surface area contributed by atoms with E-state index in [4.69, 9.17) is 11.6 Å². The number of nitroso groups, excluding NO2 is 1. The summed E-state index contributed by atoms with van der Waals surface area (Å²) in [6, 6.07) is 13.5. The predicted octanol–water partition coefficient (Wildman–Crippen LogP) is 4.26. The van der Waals surface area contributed by atoms with Crippen LogP contribution in [0.1, 0.15) is 10.4 Å². The smallest absolute Gasteiger partial charge is 0.256 e. The largest absolute Gasteiger partial charge is 0.337 e. The molecular weight excluding hydrogens is 356 g/mol. The van der Waals surface area contributed by atoms with E-state index >= 15 is 0 Å². The number of imidazole rings is 1. The third kappa shape index (κ3) is 2.93. The summed E-state index contributed by atoms with van der Waals surface area (Å²) >= 11 is 5.89. The number of rotatable bonds is 4. The van der Waals surface area contributed by atoms with Gasteiger partial charge in [0.2, 0.25) is 0 Å². The minimum absolute atomic E-state index is 0.0788. The lowest BCUT2D eigenvalue weighted by molar-refractivity contribution is 0.102. The number of nitrogens with one attached hydrogen (secondary N) is 3. The first-order valence-corrected chi connectivity index (χ1v) is 7.96. The van der Waals surface area contributed by atoms with Crippen LogP contribution in [0.4, 0.5) is 11.5 Å². The molecular formula is C17H11ClN6O2. The van der Waals surface area contributed by atoms with Crippen LogP contribution in [0.15, 0.2) is 53.7 Å². The molecule has 0 aliphatic rings. The number of aromatic nitrogens is 4. The van der Waals surface area contributed by atoms with Gasteiger partial charge in [-0.05, 0) is 35.5 Å². The van der Waals surface area contributed by atoms with Crippen molar-refractivity contribution >= 4 is 40.0 Å². The van der Waals surface area contributed by atoms with Crippen LogP contribution < -0.4 is 5.32 Å². The van der Waals surface area contributed by atoms with E-state index in [2.05, 4.69) is 30.7 Å². The summed E-state index contributed by atoms with van der Waals surface area (Å²) in [5.41, 5.74) is 2.74. The second kappa shape index (κ2) is 6.41. The molecule has 2 heterocycles. The maximum Gasteiger partial charge on any atom is 0.256 e. The highest BCUT2D eigenvalue weighted by Crippen LogP contribution is 2.26. The van der Waals surface area contributed by atoms with Crippen LogP contribution in [0.3, 0.4) is 0 Å². The first kappa shape index (κ1) is 16.0. The third-order valence-corrected chi connectivity index (χ3v) is 4.07. The van der Waals surface area contributed by atoms with Gasteiger partial charge >= 0.3 is 0 Å². The number of carbonyl (C=O) groups excluding carboxylic acids is 1. The Morgan fingerprint density at radius 2 is 2.00 bits per heavy atom. The Bertz CT molecular complexity index is 1100. The van der Waals surface area contributed by atoms with Crippen molar-refractivity contribution in [2.75, 3.05) is 5.32 Å². The van der Waals surface area contributed by atoms with Crippen LogP contribution in [0, 0.1) is 4.91 Å². The summed E-state index contributed by atoms with van der Waals surface area (Å²) < 4.78 is 0. The van der Waals surface area contributed by atoms with Crippen LogP contribution >= 0.6 is 11.6 Å². The molecule has 1 amide bonds. The molecule has 2 aromatic heterocycles. The van der Waals surface area contributed by atoms with Crippen LogP contribution in [0.5, 0.6) is 0 Å². The number of anilines is 1. The van der Waals surface area contributed by atoms with E-state index in [9.17, 15) is 9.70 Å². The van der Waals surface area contributed by atoms with E-state index in [0.717, 1.165) is 11.0 Å². The molecule has 0 fully saturated rings. The van der Waals surface area contributed by atoms with E-state index in [0.29, 0.717) is 17.3 Å². The van der Waals surface area contributed by atoms with Crippen LogP contribution in [0.2, 0.25) is 5.02 Å². The number of aromatic amines is 2. The van der Waals surface area contributed by atoms with Gasteiger partial charge in [-0.15, -0.1) is 4.91 Å². The van der Waals surface area contributed by atoms with E-state index in [1.807, 2.05) is 24.3 Å². The summed E-state index contributed by atoms with van der Waals surface area (Å²) in [4.78, 5) is 30.5. The molecule has 2 aromatic carbocycles. The maximum atomic E-state index is 12.3. The number of halogens is 1. The Hall–Kier alpha value is -3.52. The van der Waals surface area contributed by atoms with Gasteiger partial charge < -0.3 is 10.3 Å². The van der Waals surface area contributed by atoms with E-state index in [1.165, 1.54) is 18.2 Å². The van der Waals surface area contributed by atoms with Crippen molar-refractivity contribution in [3.05, 3.63) is 64.0 Å². The lowest BCUT2D eigenvalue weighted by atomic mass is 10.2. The Kier molecular flexibility index (Phi) is 3.94. The molecule has 0 spiro atoms. The first-order valence-electron chi connectivity index (χ1n) is 7.59. The zero-order valence-electron chi connectivity index (χ0n) is 13.2. The number of nitrogens with zero attached hydrogens (tertiary/aromatic N) is 3. The van der Waals surface area contributed by atoms with Gasteiger partial charge in [-0.25, -0.2) is 4.98 Å². The van der Waals surface area contributed by atoms with Gasteiger partial charge in [-0.3, -0.25) is 9.89 Å². The van der Waals surface area contributed by atoms with Gasteiger partial charge in [0.05, 0.1) is 16.1 Å². The summed E-state index contributed by atoms with van der Waals surface area (Å²) in [5, 5.41) is 12.4. The molecule has 0 unspecified atom stereocenters. The van der Waals surface area contributed by atoms with Crippen molar-refractivity contribution < 1.29 is 4.79 Å². The number of hydrogen-bond acceptors (Lipinski definition) is 5. The van der Waals surface area contributed by atoms with Crippen molar-refractivity contribution in [2.45, 2.75) is 0 Å². The first-order chi connectivity index (χ1) is 12.6. The third-order valence-electron chi connectivity index (χ3n) is 3.77. The number of hydrogen-bond donors (Lipinski definition) is 3. The van der Waals surface area contributed by atoms with Crippen LogP contribution in [-0.4, -0.2) is 26.1 Å². The van der Waals surface area contributed by atoms with Crippen molar-refractivity contribution in [2.24, 2.45) is 5.18 Å². The molecule has 0 bridgehead atoms. The molecule has 3 N–H and O–H groups in total. The molecule has 0 radical (unpaired) electrons. The van der Waals surface area contributed by atoms with Crippen molar-refractivity contribution in [1.29, 1.82) is 0 Å². The highest BCUT2D eigenvalue weighted by molar-refractivity contribution is 6.33. The van der Waals surface area contributed by atoms with Crippen molar-refractivity contribution in [1.82, 2.24) is 20.2 Å². The number of H-pyrrole nitrogens is 2. The fourth-order valence-corrected chi connectivity index (χ4v) is 2.71. The summed E-state index contributed by atoms with van der Waals surface area (Å²) in [6.45, 7) is 0. The molecule has 128 valence electrons. The summed E-state index contributed by atoms with van der Waals surface area (Å²) in [5.74, 6) is 0.537. The molecule has 0 saturated heterocycles. The van der Waals surface area contributed by atoms with Gasteiger partial charge in [0, 0.05) is 11.6 Å². The molecule has 26 heavy (non-hydrogen) atoms. The standard InChI is InChI=1S/C17H11ClN6O2/c18-10-7-9(5-6-11(10)24-26)17(25)21-15-8-14(22-23-15)16-19-12-3-1-2-4-13(12)20-16/h1-8H,(H,19,20)(H2,21,22,23,25). The van der Waals surface area contributed by atoms with E-state index in [-0.39, 0.29) is 16.3 Å². The van der Waals surface area contributed by atoms with Crippen molar-refractivity contribution in [3.63, 3.8) is 0 Å². The molecule has 0 saturated carbocycles. The highest BCUT2D eigenvalue weighted by atomic mass is 35.5. The molecule has 4 rings (SSSR count). The van der Waals surface area contributed by atoms with Gasteiger partial charge in [0.25, 0.3) is 5.91 Å². The average Bonchev–Trinajstić information content (AvgIpc) is 3.28. The molecule has 0 aliphatic carbocycles. The second-order valence-corrected chi connectivity index (χ2v) is 5.89. The number of benzene rings is 2. The van der Waals surface area contributed by atoms with Gasteiger partial charge in [-0.2, -0.15) is 5.10 Å². The highest BCUT2D eigenvalue weighted by Gasteiger charge is 2.13. The summed E-state index contributed by atoms with van der Waals surface area (Å²) in [7, 11) is 0. The minimum atomic E-state index is -0.410. The van der Waals surface area contributed by atoms with E-state index < -0.39 is 5.91 Å². The molecule has 4 aromatic rings. The van der Waals surface area contributed by atoms with Gasteiger partial charge in [-0.1, -0.05) is 23.7 Å². The summed E-state index contributed by atoms with van der Waals surface area (Å²) in [6.07, 6.45) is 0. The van der Waals surface area contributed by atoms with Gasteiger partial charge in [0.1, 0.15) is 11.4 Å². The lowest BCUT2D eigenvalue weighted by Gasteiger charge is -2.02. The topological polar surface area (TPSA) is 116 Å². The zero-order chi connectivity index (χ0) is 18.1. The minimum Gasteiger partial charge on any atom is -0.337 e. The second-order valence-electron chi connectivity index (χ2n) is 5.48. The Labute approximate surface area is 151 Å². The number of amides is 1. The fourth-order valence-electron chi connectivity index (χ4n) is 2.50. The molecule has 0 atom stereocenters. The van der Waals surface area contributed by atoms with Crippen LogP contribution in [-0.2, 0) is 0 Å². The zero-order valence-corrected chi connectivity index (χ0v) is 13.9. The monoisotopic (exact) mass is 366 g/mol. The normalized spacial score (nSPS) is 10.8. The van der Waals surface area contributed by atoms with Gasteiger partial charge in [0.15, 0.2) is 11.6 Å². The quantitative estimate of drug-likeness (QED) is 0.468. The Morgan fingerprint density at radius 3 is 2.77 bits per heavy atom. The number of carbonyl (C=O) groups is 1. The van der Waals surface area contributed by atoms with E-state index in [1.54, 1.807) is 6.07 Å². The number of para-hydroxylation sites is 2. The predicted molar refractivity (Wildman–Crippen MR) is 98.5 cm³/mol. The SMILES string of the molecule is O=Nc1ccc(C(=O)Nc2cc(-c3nc4ccccc4[nH]3)[nH]n2)cc1Cl.